The molecule has 2 nitrogen and oxygen atoms in total. The van der Waals surface area contributed by atoms with E-state index in [4.69, 9.17) is 4.42 Å². The quantitative estimate of drug-likeness (QED) is 0.158. The third kappa shape index (κ3) is 5.10. The molecule has 1 heterocycles. The van der Waals surface area contributed by atoms with Gasteiger partial charge in [-0.15, -0.1) is 0 Å². The number of para-hydroxylation sites is 3. The zero-order valence-electron chi connectivity index (χ0n) is 26.5. The predicted octanol–water partition coefficient (Wildman–Crippen LogP) is 13.3. The molecule has 8 rings (SSSR count). The lowest BCUT2D eigenvalue weighted by molar-refractivity contribution is 0.670. The first kappa shape index (κ1) is 29.1. The molecule has 0 radical (unpaired) electrons. The van der Waals surface area contributed by atoms with Crippen LogP contribution >= 0.6 is 0 Å². The summed E-state index contributed by atoms with van der Waals surface area (Å²) >= 11 is 0. The van der Waals surface area contributed by atoms with Crippen LogP contribution < -0.4 is 4.90 Å². The fourth-order valence-corrected chi connectivity index (χ4v) is 6.77. The highest BCUT2D eigenvalue weighted by Crippen LogP contribution is 2.45. The van der Waals surface area contributed by atoms with E-state index in [1.807, 2.05) is 18.2 Å². The highest BCUT2D eigenvalue weighted by atomic mass is 16.3. The number of benzene rings is 7. The molecule has 0 unspecified atom stereocenters. The largest absolute Gasteiger partial charge is 0.455 e. The van der Waals surface area contributed by atoms with E-state index in [0.717, 1.165) is 72.4 Å². The summed E-state index contributed by atoms with van der Waals surface area (Å²) in [4.78, 5) is 2.34. The van der Waals surface area contributed by atoms with Crippen molar-refractivity contribution in [2.75, 3.05) is 4.90 Å². The second kappa shape index (κ2) is 12.4. The molecule has 0 saturated heterocycles. The van der Waals surface area contributed by atoms with Crippen LogP contribution in [0.15, 0.2) is 194 Å². The van der Waals surface area contributed by atoms with Gasteiger partial charge in [0.25, 0.3) is 0 Å². The van der Waals surface area contributed by atoms with E-state index in [1.165, 1.54) is 10.8 Å². The van der Waals surface area contributed by atoms with Crippen molar-refractivity contribution < 1.29 is 4.42 Å². The summed E-state index contributed by atoms with van der Waals surface area (Å²) in [5.74, 6) is 0. The van der Waals surface area contributed by atoms with Crippen molar-refractivity contribution in [1.29, 1.82) is 0 Å². The first-order valence-corrected chi connectivity index (χ1v) is 16.2. The van der Waals surface area contributed by atoms with Crippen molar-refractivity contribution in [1.82, 2.24) is 0 Å². The molecule has 0 N–H and O–H groups in total. The van der Waals surface area contributed by atoms with Gasteiger partial charge in [0, 0.05) is 33.3 Å². The van der Waals surface area contributed by atoms with E-state index in [2.05, 4.69) is 176 Å². The number of fused-ring (bicyclic) bond motifs is 4. The average molecular weight is 616 g/mol. The normalized spacial score (nSPS) is 11.6. The first-order chi connectivity index (χ1) is 23.7. The molecule has 0 saturated carbocycles. The Morgan fingerprint density at radius 1 is 0.542 bits per heavy atom. The summed E-state index contributed by atoms with van der Waals surface area (Å²) in [6.07, 6.45) is 5.72. The Morgan fingerprint density at radius 2 is 1.23 bits per heavy atom. The fourth-order valence-electron chi connectivity index (χ4n) is 6.77. The SMILES string of the molecule is C=C/C=C(\C=C)c1ccc(N(c2ccccc2)c2ccccc2-c2cccc3c2oc2cc4ccccc4cc23)cc1-c1ccccc1. The third-order valence-corrected chi connectivity index (χ3v) is 8.99. The van der Waals surface area contributed by atoms with E-state index in [1.54, 1.807) is 0 Å². The van der Waals surface area contributed by atoms with Crippen molar-refractivity contribution in [3.63, 3.8) is 0 Å². The smallest absolute Gasteiger partial charge is 0.143 e. The van der Waals surface area contributed by atoms with Gasteiger partial charge in [0.05, 0.1) is 5.69 Å². The van der Waals surface area contributed by atoms with Crippen molar-refractivity contribution in [3.8, 4) is 22.3 Å². The number of nitrogens with zero attached hydrogens (tertiary/aromatic N) is 1. The Hall–Kier alpha value is -6.38. The monoisotopic (exact) mass is 615 g/mol. The second-order valence-corrected chi connectivity index (χ2v) is 11.8. The molecule has 228 valence electrons. The minimum absolute atomic E-state index is 0.883. The van der Waals surface area contributed by atoms with Crippen LogP contribution in [0.2, 0.25) is 0 Å². The maximum atomic E-state index is 6.70. The van der Waals surface area contributed by atoms with Gasteiger partial charge in [-0.2, -0.15) is 0 Å². The standard InChI is InChI=1S/C46H33NO/c1-3-16-32(4-2)38-28-27-37(31-42(38)33-17-7-5-8-18-33)47(36-21-9-6-10-22-36)44-26-14-13-23-39(44)40-24-15-25-41-43-29-34-19-11-12-20-35(34)30-45(43)48-46(40)41/h3-31H,1-2H2/b32-16+. The van der Waals surface area contributed by atoms with Gasteiger partial charge in [-0.05, 0) is 75.5 Å². The topological polar surface area (TPSA) is 16.4 Å². The van der Waals surface area contributed by atoms with E-state index >= 15 is 0 Å². The molecule has 8 aromatic rings. The molecule has 0 amide bonds. The van der Waals surface area contributed by atoms with Crippen LogP contribution in [0, 0.1) is 0 Å². The summed E-state index contributed by atoms with van der Waals surface area (Å²) in [7, 11) is 0. The molecular formula is C46H33NO. The second-order valence-electron chi connectivity index (χ2n) is 11.8. The van der Waals surface area contributed by atoms with Gasteiger partial charge in [0.15, 0.2) is 0 Å². The number of anilines is 3. The summed E-state index contributed by atoms with van der Waals surface area (Å²) < 4.78 is 6.70. The van der Waals surface area contributed by atoms with Crippen LogP contribution in [0.4, 0.5) is 17.1 Å². The lowest BCUT2D eigenvalue weighted by Gasteiger charge is -2.29. The third-order valence-electron chi connectivity index (χ3n) is 8.99. The van der Waals surface area contributed by atoms with E-state index < -0.39 is 0 Å². The number of rotatable bonds is 8. The van der Waals surface area contributed by atoms with Gasteiger partial charge < -0.3 is 9.32 Å². The molecule has 0 aliphatic heterocycles. The molecule has 7 aromatic carbocycles. The lowest BCUT2D eigenvalue weighted by Crippen LogP contribution is -2.11. The number of furan rings is 1. The Balaban J connectivity index is 1.37. The highest BCUT2D eigenvalue weighted by Gasteiger charge is 2.21. The minimum Gasteiger partial charge on any atom is -0.455 e. The van der Waals surface area contributed by atoms with E-state index in [-0.39, 0.29) is 0 Å². The maximum absolute atomic E-state index is 6.70. The number of hydrogen-bond donors (Lipinski definition) is 0. The Morgan fingerprint density at radius 3 is 2.00 bits per heavy atom. The van der Waals surface area contributed by atoms with Crippen LogP contribution in [-0.4, -0.2) is 0 Å². The fraction of sp³-hybridized carbons (Fsp3) is 0. The molecule has 0 fully saturated rings. The molecule has 0 aliphatic carbocycles. The van der Waals surface area contributed by atoms with Gasteiger partial charge in [0.2, 0.25) is 0 Å². The van der Waals surface area contributed by atoms with Crippen LogP contribution in [-0.2, 0) is 0 Å². The summed E-state index contributed by atoms with van der Waals surface area (Å²) in [5.41, 5.74) is 11.4. The lowest BCUT2D eigenvalue weighted by atomic mass is 9.93. The maximum Gasteiger partial charge on any atom is 0.143 e. The Bertz CT molecular complexity index is 2480. The van der Waals surface area contributed by atoms with Gasteiger partial charge in [-0.3, -0.25) is 0 Å². The summed E-state index contributed by atoms with van der Waals surface area (Å²) in [6, 6.07) is 55.7. The van der Waals surface area contributed by atoms with Crippen molar-refractivity contribution in [2.24, 2.45) is 0 Å². The van der Waals surface area contributed by atoms with Crippen LogP contribution in [0.1, 0.15) is 5.56 Å². The summed E-state index contributed by atoms with van der Waals surface area (Å²) in [5, 5.41) is 4.60. The van der Waals surface area contributed by atoms with E-state index in [9.17, 15) is 0 Å². The van der Waals surface area contributed by atoms with Gasteiger partial charge in [-0.25, -0.2) is 0 Å². The molecule has 0 spiro atoms. The van der Waals surface area contributed by atoms with E-state index in [0.29, 0.717) is 0 Å². The molecule has 0 atom stereocenters. The number of hydrogen-bond acceptors (Lipinski definition) is 2. The zero-order valence-corrected chi connectivity index (χ0v) is 26.5. The Kier molecular flexibility index (Phi) is 7.52. The van der Waals surface area contributed by atoms with Crippen LogP contribution in [0.25, 0.3) is 60.5 Å². The summed E-state index contributed by atoms with van der Waals surface area (Å²) in [6.45, 7) is 8.06. The van der Waals surface area contributed by atoms with Crippen molar-refractivity contribution in [3.05, 3.63) is 195 Å². The number of allylic oxidation sites excluding steroid dienone is 4. The molecular weight excluding hydrogens is 583 g/mol. The van der Waals surface area contributed by atoms with Gasteiger partial charge in [0.1, 0.15) is 11.2 Å². The van der Waals surface area contributed by atoms with Crippen LogP contribution in [0.5, 0.6) is 0 Å². The minimum atomic E-state index is 0.883. The van der Waals surface area contributed by atoms with Gasteiger partial charge in [-0.1, -0.05) is 147 Å². The zero-order chi connectivity index (χ0) is 32.5. The molecule has 0 aliphatic rings. The predicted molar refractivity (Wildman–Crippen MR) is 205 cm³/mol. The molecule has 2 heteroatoms. The van der Waals surface area contributed by atoms with Gasteiger partial charge >= 0.3 is 0 Å². The van der Waals surface area contributed by atoms with Crippen LogP contribution in [0.3, 0.4) is 0 Å². The first-order valence-electron chi connectivity index (χ1n) is 16.2. The average Bonchev–Trinajstić information content (AvgIpc) is 3.51. The molecule has 48 heavy (non-hydrogen) atoms. The molecule has 0 bridgehead atoms. The Labute approximate surface area is 280 Å². The highest BCUT2D eigenvalue weighted by molar-refractivity contribution is 6.14. The molecule has 1 aromatic heterocycles. The van der Waals surface area contributed by atoms with Crippen molar-refractivity contribution in [2.45, 2.75) is 0 Å². The van der Waals surface area contributed by atoms with Crippen molar-refractivity contribution >= 4 is 55.3 Å².